The van der Waals surface area contributed by atoms with E-state index in [1.165, 1.54) is 6.20 Å². The molecule has 0 spiro atoms. The lowest BCUT2D eigenvalue weighted by atomic mass is 9.87. The van der Waals surface area contributed by atoms with E-state index >= 15 is 0 Å². The Labute approximate surface area is 98.4 Å². The Hall–Kier alpha value is -1.17. The van der Waals surface area contributed by atoms with Gasteiger partial charge in [-0.3, -0.25) is 4.68 Å². The molecule has 0 amide bonds. The van der Waals surface area contributed by atoms with Gasteiger partial charge in [-0.15, -0.1) is 0 Å². The molecule has 0 aliphatic heterocycles. The Kier molecular flexibility index (Phi) is 3.61. The summed E-state index contributed by atoms with van der Waals surface area (Å²) >= 11 is 0. The number of nitrogen functional groups attached to an aromatic ring is 1. The number of anilines is 1. The average molecular weight is 245 g/mol. The second-order valence-corrected chi connectivity index (χ2v) is 4.61. The maximum Gasteiger partial charge on any atom is 0.284 e. The highest BCUT2D eigenvalue weighted by Crippen LogP contribution is 2.33. The van der Waals surface area contributed by atoms with E-state index in [0.717, 1.165) is 25.7 Å². The first kappa shape index (κ1) is 12.3. The zero-order valence-electron chi connectivity index (χ0n) is 9.52. The van der Waals surface area contributed by atoms with Crippen molar-refractivity contribution in [2.75, 3.05) is 12.3 Å². The van der Waals surface area contributed by atoms with Gasteiger partial charge >= 0.3 is 0 Å². The van der Waals surface area contributed by atoms with Gasteiger partial charge in [-0.25, -0.2) is 8.78 Å². The van der Waals surface area contributed by atoms with Crippen molar-refractivity contribution in [2.24, 2.45) is 5.92 Å². The summed E-state index contributed by atoms with van der Waals surface area (Å²) in [6.45, 7) is 0.205. The van der Waals surface area contributed by atoms with Gasteiger partial charge in [-0.1, -0.05) is 0 Å². The summed E-state index contributed by atoms with van der Waals surface area (Å²) in [5.41, 5.74) is 5.23. The first-order valence-electron chi connectivity index (χ1n) is 5.85. The molecule has 1 saturated carbocycles. The molecule has 0 saturated heterocycles. The van der Waals surface area contributed by atoms with E-state index < -0.39 is 6.43 Å². The second kappa shape index (κ2) is 5.00. The fourth-order valence-corrected chi connectivity index (χ4v) is 2.37. The van der Waals surface area contributed by atoms with Crippen molar-refractivity contribution in [3.05, 3.63) is 11.9 Å². The van der Waals surface area contributed by atoms with Crippen LogP contribution in [0.5, 0.6) is 0 Å². The molecule has 0 radical (unpaired) electrons. The van der Waals surface area contributed by atoms with Crippen LogP contribution in [0.4, 0.5) is 14.5 Å². The number of alkyl halides is 2. The van der Waals surface area contributed by atoms with Crippen LogP contribution in [0, 0.1) is 5.92 Å². The lowest BCUT2D eigenvalue weighted by Gasteiger charge is -2.27. The molecule has 3 N–H and O–H groups in total. The zero-order valence-corrected chi connectivity index (χ0v) is 9.52. The lowest BCUT2D eigenvalue weighted by molar-refractivity contribution is 0.142. The SMILES string of the molecule is Nc1cn(C2CCC(CO)CC2)nc1C(F)F. The fraction of sp³-hybridized carbons (Fsp3) is 0.727. The van der Waals surface area contributed by atoms with Gasteiger partial charge in [-0.05, 0) is 31.6 Å². The van der Waals surface area contributed by atoms with E-state index in [9.17, 15) is 8.78 Å². The number of rotatable bonds is 3. The molecule has 1 aromatic heterocycles. The molecule has 0 atom stereocenters. The lowest BCUT2D eigenvalue weighted by Crippen LogP contribution is -2.20. The minimum atomic E-state index is -2.62. The molecule has 0 unspecified atom stereocenters. The topological polar surface area (TPSA) is 64.1 Å². The molecule has 6 heteroatoms. The van der Waals surface area contributed by atoms with Crippen LogP contribution in [0.25, 0.3) is 0 Å². The summed E-state index contributed by atoms with van der Waals surface area (Å²) in [6, 6.07) is 0.132. The molecule has 96 valence electrons. The highest BCUT2D eigenvalue weighted by Gasteiger charge is 2.24. The summed E-state index contributed by atoms with van der Waals surface area (Å²) in [4.78, 5) is 0. The van der Waals surface area contributed by atoms with Crippen molar-refractivity contribution < 1.29 is 13.9 Å². The van der Waals surface area contributed by atoms with E-state index in [2.05, 4.69) is 5.10 Å². The van der Waals surface area contributed by atoms with Crippen molar-refractivity contribution in [1.29, 1.82) is 0 Å². The van der Waals surface area contributed by atoms with Crippen LogP contribution in [0.3, 0.4) is 0 Å². The van der Waals surface area contributed by atoms with E-state index in [1.54, 1.807) is 4.68 Å². The largest absolute Gasteiger partial charge is 0.396 e. The number of hydrogen-bond donors (Lipinski definition) is 2. The fourth-order valence-electron chi connectivity index (χ4n) is 2.37. The second-order valence-electron chi connectivity index (χ2n) is 4.61. The molecule has 1 aromatic rings. The van der Waals surface area contributed by atoms with Crippen molar-refractivity contribution in [1.82, 2.24) is 9.78 Å². The maximum absolute atomic E-state index is 12.5. The smallest absolute Gasteiger partial charge is 0.284 e. The Morgan fingerprint density at radius 3 is 2.53 bits per heavy atom. The summed E-state index contributed by atoms with van der Waals surface area (Å²) in [5, 5.41) is 12.9. The minimum Gasteiger partial charge on any atom is -0.396 e. The van der Waals surface area contributed by atoms with Crippen LogP contribution in [0.1, 0.15) is 43.8 Å². The molecule has 4 nitrogen and oxygen atoms in total. The molecule has 1 aliphatic carbocycles. The standard InChI is InChI=1S/C11H17F2N3O/c12-11(13)10-9(14)5-16(15-10)8-3-1-7(6-17)2-4-8/h5,7-8,11,17H,1-4,6,14H2. The van der Waals surface area contributed by atoms with E-state index in [-0.39, 0.29) is 24.0 Å². The van der Waals surface area contributed by atoms with Crippen LogP contribution in [-0.2, 0) is 0 Å². The van der Waals surface area contributed by atoms with Gasteiger partial charge < -0.3 is 10.8 Å². The third-order valence-corrected chi connectivity index (χ3v) is 3.45. The van der Waals surface area contributed by atoms with Crippen molar-refractivity contribution in [2.45, 2.75) is 38.2 Å². The molecule has 1 heterocycles. The number of nitrogens with zero attached hydrogens (tertiary/aromatic N) is 2. The number of aliphatic hydroxyl groups excluding tert-OH is 1. The van der Waals surface area contributed by atoms with Gasteiger partial charge in [0, 0.05) is 12.8 Å². The first-order valence-corrected chi connectivity index (χ1v) is 5.85. The van der Waals surface area contributed by atoms with Gasteiger partial charge in [0.05, 0.1) is 11.7 Å². The van der Waals surface area contributed by atoms with E-state index in [1.807, 2.05) is 0 Å². The van der Waals surface area contributed by atoms with E-state index in [4.69, 9.17) is 10.8 Å². The number of aliphatic hydroxyl groups is 1. The normalized spacial score (nSPS) is 25.4. The van der Waals surface area contributed by atoms with Gasteiger partial charge in [-0.2, -0.15) is 5.10 Å². The molecule has 0 aromatic carbocycles. The summed E-state index contributed by atoms with van der Waals surface area (Å²) < 4.78 is 26.6. The average Bonchev–Trinajstić information content (AvgIpc) is 2.71. The Morgan fingerprint density at radius 2 is 2.06 bits per heavy atom. The van der Waals surface area contributed by atoms with E-state index in [0.29, 0.717) is 5.92 Å². The number of halogens is 2. The van der Waals surface area contributed by atoms with Crippen molar-refractivity contribution in [3.8, 4) is 0 Å². The number of aromatic nitrogens is 2. The van der Waals surface area contributed by atoms with Crippen LogP contribution < -0.4 is 5.73 Å². The summed E-state index contributed by atoms with van der Waals surface area (Å²) in [7, 11) is 0. The Bertz CT molecular complexity index is 373. The van der Waals surface area contributed by atoms with Crippen LogP contribution in [0.15, 0.2) is 6.20 Å². The quantitative estimate of drug-likeness (QED) is 0.857. The maximum atomic E-state index is 12.5. The van der Waals surface area contributed by atoms with Crippen LogP contribution >= 0.6 is 0 Å². The number of hydrogen-bond acceptors (Lipinski definition) is 3. The van der Waals surface area contributed by atoms with Gasteiger partial charge in [0.15, 0.2) is 5.69 Å². The molecule has 1 aliphatic rings. The predicted molar refractivity (Wildman–Crippen MR) is 59.7 cm³/mol. The van der Waals surface area contributed by atoms with Crippen LogP contribution in [0.2, 0.25) is 0 Å². The predicted octanol–water partition coefficient (Wildman–Crippen LogP) is 2.13. The van der Waals surface area contributed by atoms with Gasteiger partial charge in [0.25, 0.3) is 6.43 Å². The van der Waals surface area contributed by atoms with Crippen molar-refractivity contribution >= 4 is 5.69 Å². The van der Waals surface area contributed by atoms with Crippen LogP contribution in [-0.4, -0.2) is 21.5 Å². The van der Waals surface area contributed by atoms with Gasteiger partial charge in [0.1, 0.15) is 0 Å². The molecule has 1 fully saturated rings. The Balaban J connectivity index is 2.06. The third-order valence-electron chi connectivity index (χ3n) is 3.45. The Morgan fingerprint density at radius 1 is 1.41 bits per heavy atom. The summed E-state index contributed by atoms with van der Waals surface area (Å²) in [5.74, 6) is 0.341. The van der Waals surface area contributed by atoms with Gasteiger partial charge in [0.2, 0.25) is 0 Å². The first-order chi connectivity index (χ1) is 8.11. The highest BCUT2D eigenvalue weighted by atomic mass is 19.3. The monoisotopic (exact) mass is 245 g/mol. The molecule has 2 rings (SSSR count). The summed E-state index contributed by atoms with van der Waals surface area (Å²) in [6.07, 6.45) is 2.40. The zero-order chi connectivity index (χ0) is 12.4. The molecule has 0 bridgehead atoms. The minimum absolute atomic E-state index is 0.0595. The molecular formula is C11H17F2N3O. The third kappa shape index (κ3) is 2.57. The molecular weight excluding hydrogens is 228 g/mol. The number of nitrogens with two attached hydrogens (primary N) is 1. The van der Waals surface area contributed by atoms with Crippen molar-refractivity contribution in [3.63, 3.8) is 0 Å². The highest BCUT2D eigenvalue weighted by molar-refractivity contribution is 5.41. The molecule has 17 heavy (non-hydrogen) atoms.